The number of rotatable bonds is 4. The van der Waals surface area contributed by atoms with Crippen LogP contribution in [0.3, 0.4) is 0 Å². The van der Waals surface area contributed by atoms with Gasteiger partial charge in [-0.25, -0.2) is 0 Å². The molecular formula is C19H19N5O2. The summed E-state index contributed by atoms with van der Waals surface area (Å²) in [6, 6.07) is 14.0. The summed E-state index contributed by atoms with van der Waals surface area (Å²) in [4.78, 5) is 27.0. The van der Waals surface area contributed by atoms with Crippen LogP contribution < -0.4 is 5.56 Å². The molecule has 0 spiro atoms. The topological polar surface area (TPSA) is 73.0 Å². The highest BCUT2D eigenvalue weighted by atomic mass is 16.2. The third-order valence-corrected chi connectivity index (χ3v) is 4.62. The minimum absolute atomic E-state index is 0.0845. The summed E-state index contributed by atoms with van der Waals surface area (Å²) in [5.74, 6) is -0.149. The lowest BCUT2D eigenvalue weighted by Gasteiger charge is -2.24. The molecule has 1 aromatic carbocycles. The van der Waals surface area contributed by atoms with Gasteiger partial charge >= 0.3 is 0 Å². The number of carbonyl (C=O) groups is 1. The van der Waals surface area contributed by atoms with Crippen molar-refractivity contribution >= 4 is 5.91 Å². The number of likely N-dealkylation sites (tertiary alicyclic amines) is 1. The van der Waals surface area contributed by atoms with Gasteiger partial charge in [0.25, 0.3) is 11.5 Å². The fourth-order valence-corrected chi connectivity index (χ4v) is 3.34. The molecule has 0 radical (unpaired) electrons. The molecule has 1 atom stereocenters. The zero-order valence-electron chi connectivity index (χ0n) is 14.2. The molecule has 3 heterocycles. The van der Waals surface area contributed by atoms with Crippen LogP contribution in [0.5, 0.6) is 0 Å². The molecule has 0 aliphatic carbocycles. The van der Waals surface area contributed by atoms with Crippen molar-refractivity contribution in [1.29, 1.82) is 0 Å². The van der Waals surface area contributed by atoms with Gasteiger partial charge in [-0.1, -0.05) is 18.2 Å². The summed E-state index contributed by atoms with van der Waals surface area (Å²) >= 11 is 0. The number of nitrogens with zero attached hydrogens (tertiary/aromatic N) is 5. The number of hydrogen-bond acceptors (Lipinski definition) is 4. The molecule has 0 saturated carbocycles. The molecule has 0 N–H and O–H groups in total. The van der Waals surface area contributed by atoms with Crippen LogP contribution in [0.15, 0.2) is 65.7 Å². The Kier molecular flexibility index (Phi) is 4.35. The van der Waals surface area contributed by atoms with Gasteiger partial charge in [0.15, 0.2) is 0 Å². The first-order valence-electron chi connectivity index (χ1n) is 8.66. The van der Waals surface area contributed by atoms with Crippen LogP contribution in [0.2, 0.25) is 0 Å². The minimum Gasteiger partial charge on any atom is -0.332 e. The van der Waals surface area contributed by atoms with E-state index in [-0.39, 0.29) is 23.2 Å². The van der Waals surface area contributed by atoms with Crippen molar-refractivity contribution in [3.05, 3.63) is 77.0 Å². The van der Waals surface area contributed by atoms with E-state index >= 15 is 0 Å². The van der Waals surface area contributed by atoms with Gasteiger partial charge in [-0.05, 0) is 37.1 Å². The first-order chi connectivity index (χ1) is 12.7. The van der Waals surface area contributed by atoms with Crippen LogP contribution in [0.1, 0.15) is 23.3 Å². The second-order valence-corrected chi connectivity index (χ2v) is 6.33. The van der Waals surface area contributed by atoms with Crippen molar-refractivity contribution in [3.8, 4) is 5.69 Å². The van der Waals surface area contributed by atoms with Crippen molar-refractivity contribution in [1.82, 2.24) is 24.5 Å². The summed E-state index contributed by atoms with van der Waals surface area (Å²) in [6.07, 6.45) is 5.52. The van der Waals surface area contributed by atoms with E-state index in [1.54, 1.807) is 18.3 Å². The van der Waals surface area contributed by atoms with E-state index in [2.05, 4.69) is 10.2 Å². The Hall–Kier alpha value is -3.22. The van der Waals surface area contributed by atoms with Crippen LogP contribution in [0.4, 0.5) is 0 Å². The first-order valence-corrected chi connectivity index (χ1v) is 8.66. The number of amides is 1. The summed E-state index contributed by atoms with van der Waals surface area (Å²) in [5.41, 5.74) is 0.657. The molecule has 1 fully saturated rings. The SMILES string of the molecule is O=C(c1ccc(=O)n(-c2ccccc2)n1)N1CCC[C@H]1Cn1cccn1. The Morgan fingerprint density at radius 1 is 1.12 bits per heavy atom. The second-order valence-electron chi connectivity index (χ2n) is 6.33. The maximum atomic E-state index is 13.0. The highest BCUT2D eigenvalue weighted by Crippen LogP contribution is 2.20. The zero-order valence-corrected chi connectivity index (χ0v) is 14.2. The van der Waals surface area contributed by atoms with Gasteiger partial charge in [-0.3, -0.25) is 14.3 Å². The Bertz CT molecular complexity index is 950. The molecule has 26 heavy (non-hydrogen) atoms. The fraction of sp³-hybridized carbons (Fsp3) is 0.263. The van der Waals surface area contributed by atoms with E-state index in [4.69, 9.17) is 0 Å². The van der Waals surface area contributed by atoms with Gasteiger partial charge in [0.05, 0.1) is 18.3 Å². The molecular weight excluding hydrogens is 330 g/mol. The maximum absolute atomic E-state index is 13.0. The molecule has 1 amide bonds. The van der Waals surface area contributed by atoms with E-state index in [1.807, 2.05) is 40.0 Å². The molecule has 2 aromatic heterocycles. The van der Waals surface area contributed by atoms with Gasteiger partial charge in [0, 0.05) is 25.0 Å². The molecule has 7 nitrogen and oxygen atoms in total. The normalized spacial score (nSPS) is 16.8. The summed E-state index contributed by atoms with van der Waals surface area (Å²) < 4.78 is 3.11. The summed E-state index contributed by atoms with van der Waals surface area (Å²) in [5, 5.41) is 8.54. The van der Waals surface area contributed by atoms with Crippen LogP contribution >= 0.6 is 0 Å². The van der Waals surface area contributed by atoms with Gasteiger partial charge in [0.2, 0.25) is 0 Å². The molecule has 7 heteroatoms. The number of carbonyl (C=O) groups excluding carboxylic acids is 1. The van der Waals surface area contributed by atoms with Gasteiger partial charge in [0.1, 0.15) is 5.69 Å². The van der Waals surface area contributed by atoms with Crippen molar-refractivity contribution in [3.63, 3.8) is 0 Å². The largest absolute Gasteiger partial charge is 0.332 e. The molecule has 0 unspecified atom stereocenters. The zero-order chi connectivity index (χ0) is 17.9. The summed E-state index contributed by atoms with van der Waals surface area (Å²) in [6.45, 7) is 1.36. The van der Waals surface area contributed by atoms with E-state index in [1.165, 1.54) is 16.8 Å². The minimum atomic E-state index is -0.262. The third kappa shape index (κ3) is 3.15. The predicted octanol–water partition coefficient (Wildman–Crippen LogP) is 1.73. The molecule has 132 valence electrons. The standard InChI is InChI=1S/C19H19N5O2/c25-18-10-9-17(21-24(18)15-6-2-1-3-7-15)19(26)23-13-4-8-16(23)14-22-12-5-11-20-22/h1-3,5-7,9-12,16H,4,8,13-14H2/t16-/m0/s1. The molecule has 1 aliphatic rings. The molecule has 4 rings (SSSR count). The van der Waals surface area contributed by atoms with Crippen LogP contribution in [0.25, 0.3) is 5.69 Å². The number of aromatic nitrogens is 4. The van der Waals surface area contributed by atoms with Crippen molar-refractivity contribution in [2.45, 2.75) is 25.4 Å². The Balaban J connectivity index is 1.61. The lowest BCUT2D eigenvalue weighted by molar-refractivity contribution is 0.0713. The highest BCUT2D eigenvalue weighted by Gasteiger charge is 2.30. The Morgan fingerprint density at radius 3 is 2.73 bits per heavy atom. The second kappa shape index (κ2) is 6.95. The smallest absolute Gasteiger partial charge is 0.274 e. The molecule has 3 aromatic rings. The predicted molar refractivity (Wildman–Crippen MR) is 96.1 cm³/mol. The van der Waals surface area contributed by atoms with Crippen LogP contribution in [0, 0.1) is 0 Å². The lowest BCUT2D eigenvalue weighted by Crippen LogP contribution is -2.39. The van der Waals surface area contributed by atoms with E-state index in [0.717, 1.165) is 12.8 Å². The third-order valence-electron chi connectivity index (χ3n) is 4.62. The lowest BCUT2D eigenvalue weighted by atomic mass is 10.2. The van der Waals surface area contributed by atoms with Crippen LogP contribution in [-0.4, -0.2) is 43.0 Å². The van der Waals surface area contributed by atoms with E-state index in [0.29, 0.717) is 18.8 Å². The molecule has 1 aliphatic heterocycles. The van der Waals surface area contributed by atoms with Crippen molar-refractivity contribution < 1.29 is 4.79 Å². The van der Waals surface area contributed by atoms with Gasteiger partial charge in [-0.15, -0.1) is 0 Å². The van der Waals surface area contributed by atoms with Gasteiger partial charge < -0.3 is 4.90 Å². The Labute approximate surface area is 150 Å². The quantitative estimate of drug-likeness (QED) is 0.719. The average Bonchev–Trinajstić information content (AvgIpc) is 3.35. The van der Waals surface area contributed by atoms with Gasteiger partial charge in [-0.2, -0.15) is 14.9 Å². The Morgan fingerprint density at radius 2 is 1.96 bits per heavy atom. The first kappa shape index (κ1) is 16.3. The average molecular weight is 349 g/mol. The number of hydrogen-bond donors (Lipinski definition) is 0. The van der Waals surface area contributed by atoms with Crippen molar-refractivity contribution in [2.24, 2.45) is 0 Å². The fourth-order valence-electron chi connectivity index (χ4n) is 3.34. The monoisotopic (exact) mass is 349 g/mol. The number of benzene rings is 1. The molecule has 1 saturated heterocycles. The molecule has 0 bridgehead atoms. The maximum Gasteiger partial charge on any atom is 0.274 e. The van der Waals surface area contributed by atoms with E-state index < -0.39 is 0 Å². The van der Waals surface area contributed by atoms with Crippen LogP contribution in [-0.2, 0) is 6.54 Å². The highest BCUT2D eigenvalue weighted by molar-refractivity contribution is 5.92. The van der Waals surface area contributed by atoms with E-state index in [9.17, 15) is 9.59 Å². The number of para-hydroxylation sites is 1. The summed E-state index contributed by atoms with van der Waals surface area (Å²) in [7, 11) is 0. The van der Waals surface area contributed by atoms with Crippen molar-refractivity contribution in [2.75, 3.05) is 6.54 Å².